The van der Waals surface area contributed by atoms with Crippen LogP contribution in [-0.4, -0.2) is 38.1 Å². The number of benzene rings is 1. The van der Waals surface area contributed by atoms with Gasteiger partial charge in [0.15, 0.2) is 5.11 Å². The Balaban J connectivity index is 2.43. The van der Waals surface area contributed by atoms with Gasteiger partial charge in [0.2, 0.25) is 0 Å². The highest BCUT2D eigenvalue weighted by molar-refractivity contribution is 7.80. The van der Waals surface area contributed by atoms with Crippen molar-refractivity contribution in [1.29, 1.82) is 0 Å². The molecule has 0 saturated carbocycles. The maximum atomic E-state index is 5.41. The van der Waals surface area contributed by atoms with Crippen LogP contribution in [0, 0.1) is 0 Å². The Morgan fingerprint density at radius 1 is 1.31 bits per heavy atom. The standard InChI is InChI=1S/C11H14N4S/c1-3-14(4-2)11(16)15-10-8-6-5-7-9(10)12-13-15/h5-8H,3-4H2,1-2H3. The first-order chi connectivity index (χ1) is 7.77. The molecule has 0 aliphatic heterocycles. The van der Waals surface area contributed by atoms with E-state index in [1.165, 1.54) is 0 Å². The van der Waals surface area contributed by atoms with Crippen molar-refractivity contribution in [2.75, 3.05) is 13.1 Å². The van der Waals surface area contributed by atoms with E-state index in [0.29, 0.717) is 5.11 Å². The molecule has 1 heterocycles. The Labute approximate surface area is 99.9 Å². The van der Waals surface area contributed by atoms with Crippen LogP contribution in [0.3, 0.4) is 0 Å². The van der Waals surface area contributed by atoms with Crippen molar-refractivity contribution in [3.8, 4) is 0 Å². The largest absolute Gasteiger partial charge is 0.348 e. The monoisotopic (exact) mass is 234 g/mol. The Hall–Kier alpha value is -1.49. The predicted molar refractivity (Wildman–Crippen MR) is 68.4 cm³/mol. The van der Waals surface area contributed by atoms with Gasteiger partial charge in [0.05, 0.1) is 5.52 Å². The van der Waals surface area contributed by atoms with Crippen molar-refractivity contribution in [2.24, 2.45) is 0 Å². The normalized spacial score (nSPS) is 10.6. The third-order valence-corrected chi connectivity index (χ3v) is 3.00. The van der Waals surface area contributed by atoms with E-state index in [4.69, 9.17) is 12.2 Å². The van der Waals surface area contributed by atoms with Gasteiger partial charge >= 0.3 is 0 Å². The van der Waals surface area contributed by atoms with Gasteiger partial charge in [0, 0.05) is 13.1 Å². The SMILES string of the molecule is CCN(CC)C(=S)n1nnc2ccccc21. The van der Waals surface area contributed by atoms with Crippen LogP contribution in [-0.2, 0) is 0 Å². The third kappa shape index (κ3) is 1.78. The zero-order chi connectivity index (χ0) is 11.5. The second-order valence-corrected chi connectivity index (χ2v) is 3.81. The zero-order valence-electron chi connectivity index (χ0n) is 9.42. The summed E-state index contributed by atoms with van der Waals surface area (Å²) in [5, 5.41) is 8.89. The number of hydrogen-bond donors (Lipinski definition) is 0. The fourth-order valence-electron chi connectivity index (χ4n) is 1.64. The van der Waals surface area contributed by atoms with E-state index in [-0.39, 0.29) is 0 Å². The summed E-state index contributed by atoms with van der Waals surface area (Å²) < 4.78 is 1.72. The highest BCUT2D eigenvalue weighted by Gasteiger charge is 2.12. The van der Waals surface area contributed by atoms with Gasteiger partial charge in [-0.2, -0.15) is 4.68 Å². The molecule has 0 aliphatic rings. The fraction of sp³-hybridized carbons (Fsp3) is 0.364. The molecule has 1 aromatic carbocycles. The maximum absolute atomic E-state index is 5.41. The van der Waals surface area contributed by atoms with Gasteiger partial charge in [-0.1, -0.05) is 17.3 Å². The molecule has 0 aliphatic carbocycles. The van der Waals surface area contributed by atoms with E-state index in [0.717, 1.165) is 24.1 Å². The van der Waals surface area contributed by atoms with Crippen molar-refractivity contribution in [1.82, 2.24) is 19.9 Å². The van der Waals surface area contributed by atoms with Crippen LogP contribution in [0.25, 0.3) is 11.0 Å². The highest BCUT2D eigenvalue weighted by Crippen LogP contribution is 2.10. The first-order valence-electron chi connectivity index (χ1n) is 5.37. The Kier molecular flexibility index (Phi) is 3.14. The quantitative estimate of drug-likeness (QED) is 0.743. The van der Waals surface area contributed by atoms with Crippen molar-refractivity contribution < 1.29 is 0 Å². The van der Waals surface area contributed by atoms with E-state index in [1.807, 2.05) is 24.3 Å². The molecule has 84 valence electrons. The molecule has 0 spiro atoms. The number of para-hydroxylation sites is 1. The lowest BCUT2D eigenvalue weighted by molar-refractivity contribution is 0.455. The average Bonchev–Trinajstić information content (AvgIpc) is 2.74. The summed E-state index contributed by atoms with van der Waals surface area (Å²) in [7, 11) is 0. The van der Waals surface area contributed by atoms with Crippen molar-refractivity contribution in [2.45, 2.75) is 13.8 Å². The second kappa shape index (κ2) is 4.57. The number of thiocarbonyl (C=S) groups is 1. The van der Waals surface area contributed by atoms with Gasteiger partial charge in [-0.3, -0.25) is 0 Å². The number of rotatable bonds is 2. The number of hydrogen-bond acceptors (Lipinski definition) is 3. The van der Waals surface area contributed by atoms with Crippen molar-refractivity contribution >= 4 is 28.4 Å². The molecule has 0 atom stereocenters. The lowest BCUT2D eigenvalue weighted by Gasteiger charge is -2.20. The van der Waals surface area contributed by atoms with Crippen LogP contribution in [0.4, 0.5) is 0 Å². The topological polar surface area (TPSA) is 34.0 Å². The molecule has 0 saturated heterocycles. The molecule has 4 nitrogen and oxygen atoms in total. The van der Waals surface area contributed by atoms with Crippen LogP contribution in [0.5, 0.6) is 0 Å². The maximum Gasteiger partial charge on any atom is 0.198 e. The summed E-state index contributed by atoms with van der Waals surface area (Å²) in [6.07, 6.45) is 0. The second-order valence-electron chi connectivity index (χ2n) is 3.44. The molecule has 2 aromatic rings. The Morgan fingerprint density at radius 2 is 2.00 bits per heavy atom. The lowest BCUT2D eigenvalue weighted by Crippen LogP contribution is -2.34. The van der Waals surface area contributed by atoms with Gasteiger partial charge in [-0.15, -0.1) is 5.10 Å². The van der Waals surface area contributed by atoms with Crippen LogP contribution < -0.4 is 0 Å². The molecule has 5 heteroatoms. The van der Waals surface area contributed by atoms with E-state index < -0.39 is 0 Å². The smallest absolute Gasteiger partial charge is 0.198 e. The van der Waals surface area contributed by atoms with Gasteiger partial charge in [0.1, 0.15) is 5.52 Å². The highest BCUT2D eigenvalue weighted by atomic mass is 32.1. The minimum atomic E-state index is 0.707. The van der Waals surface area contributed by atoms with Crippen LogP contribution in [0.2, 0.25) is 0 Å². The van der Waals surface area contributed by atoms with E-state index in [1.54, 1.807) is 4.68 Å². The van der Waals surface area contributed by atoms with Crippen molar-refractivity contribution in [3.05, 3.63) is 24.3 Å². The Morgan fingerprint density at radius 3 is 2.69 bits per heavy atom. The van der Waals surface area contributed by atoms with Gasteiger partial charge in [-0.05, 0) is 38.2 Å². The van der Waals surface area contributed by atoms with E-state index in [9.17, 15) is 0 Å². The Bertz CT molecular complexity index is 501. The minimum absolute atomic E-state index is 0.707. The first-order valence-corrected chi connectivity index (χ1v) is 5.78. The first kappa shape index (κ1) is 11.0. The summed E-state index contributed by atoms with van der Waals surface area (Å²) in [6.45, 7) is 5.91. The average molecular weight is 234 g/mol. The molecule has 0 bridgehead atoms. The van der Waals surface area contributed by atoms with Gasteiger partial charge in [0.25, 0.3) is 0 Å². The molecule has 0 unspecified atom stereocenters. The van der Waals surface area contributed by atoms with Crippen LogP contribution >= 0.6 is 12.2 Å². The molecule has 1 aromatic heterocycles. The molecule has 0 fully saturated rings. The molecule has 2 rings (SSSR count). The number of aromatic nitrogens is 3. The van der Waals surface area contributed by atoms with E-state index in [2.05, 4.69) is 29.1 Å². The summed E-state index contributed by atoms with van der Waals surface area (Å²) >= 11 is 5.41. The van der Waals surface area contributed by atoms with Crippen LogP contribution in [0.15, 0.2) is 24.3 Å². The molecule has 16 heavy (non-hydrogen) atoms. The van der Waals surface area contributed by atoms with Gasteiger partial charge < -0.3 is 4.90 Å². The molecule has 0 N–H and O–H groups in total. The molecule has 0 amide bonds. The van der Waals surface area contributed by atoms with E-state index >= 15 is 0 Å². The zero-order valence-corrected chi connectivity index (χ0v) is 10.2. The number of nitrogens with zero attached hydrogens (tertiary/aromatic N) is 4. The number of fused-ring (bicyclic) bond motifs is 1. The predicted octanol–water partition coefficient (Wildman–Crippen LogP) is 1.91. The summed E-state index contributed by atoms with van der Waals surface area (Å²) in [5.41, 5.74) is 1.83. The fourth-order valence-corrected chi connectivity index (χ4v) is 2.03. The minimum Gasteiger partial charge on any atom is -0.348 e. The summed E-state index contributed by atoms with van der Waals surface area (Å²) in [6, 6.07) is 7.82. The summed E-state index contributed by atoms with van der Waals surface area (Å²) in [5.74, 6) is 0. The lowest BCUT2D eigenvalue weighted by atomic mass is 10.3. The molecule has 0 radical (unpaired) electrons. The molecular formula is C11H14N4S. The van der Waals surface area contributed by atoms with Crippen molar-refractivity contribution in [3.63, 3.8) is 0 Å². The van der Waals surface area contributed by atoms with Crippen LogP contribution in [0.1, 0.15) is 13.8 Å². The third-order valence-electron chi connectivity index (χ3n) is 2.57. The molecular weight excluding hydrogens is 220 g/mol. The van der Waals surface area contributed by atoms with Gasteiger partial charge in [-0.25, -0.2) is 0 Å². The summed E-state index contributed by atoms with van der Waals surface area (Å²) in [4.78, 5) is 2.08.